The monoisotopic (exact) mass is 437 g/mol. The Labute approximate surface area is 183 Å². The molecule has 0 radical (unpaired) electrons. The van der Waals surface area contributed by atoms with E-state index in [0.29, 0.717) is 27.3 Å². The van der Waals surface area contributed by atoms with Crippen LogP contribution in [0.2, 0.25) is 5.02 Å². The number of hydrogen-bond donors (Lipinski definition) is 1. The third kappa shape index (κ3) is 3.88. The average Bonchev–Trinajstić information content (AvgIpc) is 3.16. The molecule has 1 atom stereocenters. The maximum absolute atomic E-state index is 13.4. The van der Waals surface area contributed by atoms with Crippen molar-refractivity contribution in [2.45, 2.75) is 26.3 Å². The van der Waals surface area contributed by atoms with Gasteiger partial charge in [0.05, 0.1) is 11.7 Å². The zero-order valence-electron chi connectivity index (χ0n) is 16.6. The summed E-state index contributed by atoms with van der Waals surface area (Å²) in [5.74, 6) is -0.241. The first kappa shape index (κ1) is 20.3. The van der Waals surface area contributed by atoms with Gasteiger partial charge in [-0.1, -0.05) is 42.8 Å². The fourth-order valence-corrected chi connectivity index (χ4v) is 4.50. The molecule has 0 spiro atoms. The number of halogens is 1. The van der Waals surface area contributed by atoms with Crippen LogP contribution in [-0.4, -0.2) is 15.5 Å². The number of rotatable bonds is 5. The van der Waals surface area contributed by atoms with Gasteiger partial charge in [0, 0.05) is 21.7 Å². The van der Waals surface area contributed by atoms with Crippen molar-refractivity contribution in [3.8, 4) is 11.1 Å². The largest absolute Gasteiger partial charge is 0.324 e. The van der Waals surface area contributed by atoms with Crippen LogP contribution in [-0.2, 0) is 4.79 Å². The van der Waals surface area contributed by atoms with Gasteiger partial charge in [-0.15, -0.1) is 11.3 Å². The molecule has 5 nitrogen and oxygen atoms in total. The third-order valence-corrected chi connectivity index (χ3v) is 6.12. The molecule has 4 rings (SSSR count). The van der Waals surface area contributed by atoms with Crippen LogP contribution < -0.4 is 10.9 Å². The van der Waals surface area contributed by atoms with Crippen molar-refractivity contribution in [3.05, 3.63) is 81.2 Å². The Hall–Kier alpha value is -2.96. The Morgan fingerprint density at radius 2 is 2.00 bits per heavy atom. The molecule has 0 bridgehead atoms. The lowest BCUT2D eigenvalue weighted by Gasteiger charge is -2.18. The molecular formula is C23H20ClN3O2S. The second kappa shape index (κ2) is 8.42. The number of benzene rings is 2. The molecule has 152 valence electrons. The lowest BCUT2D eigenvalue weighted by molar-refractivity contribution is -0.119. The molecule has 2 aromatic heterocycles. The molecule has 1 amide bonds. The Balaban J connectivity index is 1.74. The molecule has 4 aromatic rings. The van der Waals surface area contributed by atoms with Crippen LogP contribution in [0.1, 0.15) is 24.9 Å². The summed E-state index contributed by atoms with van der Waals surface area (Å²) >= 11 is 7.41. The number of thiophene rings is 1. The van der Waals surface area contributed by atoms with E-state index in [1.165, 1.54) is 22.2 Å². The summed E-state index contributed by atoms with van der Waals surface area (Å²) in [6.07, 6.45) is 1.93. The molecule has 30 heavy (non-hydrogen) atoms. The van der Waals surface area contributed by atoms with E-state index in [9.17, 15) is 9.59 Å². The highest BCUT2D eigenvalue weighted by molar-refractivity contribution is 7.17. The van der Waals surface area contributed by atoms with Crippen molar-refractivity contribution >= 4 is 44.7 Å². The number of nitrogens with zero attached hydrogens (tertiary/aromatic N) is 2. The van der Waals surface area contributed by atoms with Crippen molar-refractivity contribution in [3.63, 3.8) is 0 Å². The zero-order chi connectivity index (χ0) is 21.3. The summed E-state index contributed by atoms with van der Waals surface area (Å²) in [5, 5.41) is 5.98. The molecule has 2 heterocycles. The summed E-state index contributed by atoms with van der Waals surface area (Å²) in [7, 11) is 0. The van der Waals surface area contributed by atoms with Crippen molar-refractivity contribution in [1.82, 2.24) is 9.55 Å². The van der Waals surface area contributed by atoms with Crippen LogP contribution in [0.4, 0.5) is 5.69 Å². The Morgan fingerprint density at radius 1 is 1.23 bits per heavy atom. The summed E-state index contributed by atoms with van der Waals surface area (Å²) in [6, 6.07) is 14.3. The van der Waals surface area contributed by atoms with Crippen molar-refractivity contribution in [2.75, 3.05) is 5.32 Å². The topological polar surface area (TPSA) is 64.0 Å². The van der Waals surface area contributed by atoms with Crippen LogP contribution in [0.15, 0.2) is 65.0 Å². The molecule has 0 saturated heterocycles. The highest BCUT2D eigenvalue weighted by Gasteiger charge is 2.23. The molecule has 0 aliphatic rings. The standard InChI is InChI=1S/C23H20ClN3O2S/c1-3-19(21(28)26-17-6-4-5-14(2)11-17)27-13-25-22-20(23(27)29)18(12-30-22)15-7-9-16(24)10-8-15/h4-13,19H,3H2,1-2H3,(H,26,28). The average molecular weight is 438 g/mol. The van der Waals surface area contributed by atoms with Gasteiger partial charge in [-0.25, -0.2) is 4.98 Å². The molecule has 2 aromatic carbocycles. The predicted octanol–water partition coefficient (Wildman–Crippen LogP) is 5.68. The Kier molecular flexibility index (Phi) is 5.70. The van der Waals surface area contributed by atoms with Gasteiger partial charge in [0.2, 0.25) is 5.91 Å². The van der Waals surface area contributed by atoms with E-state index < -0.39 is 6.04 Å². The van der Waals surface area contributed by atoms with Crippen molar-refractivity contribution in [2.24, 2.45) is 0 Å². The number of carbonyl (C=O) groups is 1. The van der Waals surface area contributed by atoms with Gasteiger partial charge in [0.25, 0.3) is 5.56 Å². The molecule has 0 aliphatic heterocycles. The van der Waals surface area contributed by atoms with Crippen LogP contribution in [0.3, 0.4) is 0 Å². The SMILES string of the molecule is CCC(C(=O)Nc1cccc(C)c1)n1cnc2scc(-c3ccc(Cl)cc3)c2c1=O. The first-order valence-corrected chi connectivity index (χ1v) is 10.9. The maximum atomic E-state index is 13.4. The number of amides is 1. The minimum Gasteiger partial charge on any atom is -0.324 e. The van der Waals surface area contributed by atoms with E-state index >= 15 is 0 Å². The minimum atomic E-state index is -0.659. The molecule has 1 unspecified atom stereocenters. The quantitative estimate of drug-likeness (QED) is 0.437. The molecule has 0 fully saturated rings. The number of aryl methyl sites for hydroxylation is 1. The summed E-state index contributed by atoms with van der Waals surface area (Å²) in [4.78, 5) is 31.5. The van der Waals surface area contributed by atoms with Crippen LogP contribution >= 0.6 is 22.9 Å². The van der Waals surface area contributed by atoms with E-state index in [2.05, 4.69) is 10.3 Å². The van der Waals surface area contributed by atoms with Crippen LogP contribution in [0.5, 0.6) is 0 Å². The summed E-state index contributed by atoms with van der Waals surface area (Å²) in [6.45, 7) is 3.84. The number of aromatic nitrogens is 2. The van der Waals surface area contributed by atoms with Crippen LogP contribution in [0.25, 0.3) is 21.3 Å². The van der Waals surface area contributed by atoms with Gasteiger partial charge in [-0.2, -0.15) is 0 Å². The van der Waals surface area contributed by atoms with E-state index in [1.54, 1.807) is 12.1 Å². The molecule has 0 saturated carbocycles. The highest BCUT2D eigenvalue weighted by Crippen LogP contribution is 2.31. The summed E-state index contributed by atoms with van der Waals surface area (Å²) in [5.41, 5.74) is 3.22. The maximum Gasteiger partial charge on any atom is 0.263 e. The third-order valence-electron chi connectivity index (χ3n) is 4.99. The number of carbonyl (C=O) groups excluding carboxylic acids is 1. The number of fused-ring (bicyclic) bond motifs is 1. The van der Waals surface area contributed by atoms with Crippen molar-refractivity contribution < 1.29 is 4.79 Å². The van der Waals surface area contributed by atoms with E-state index in [-0.39, 0.29) is 11.5 Å². The van der Waals surface area contributed by atoms with Crippen molar-refractivity contribution in [1.29, 1.82) is 0 Å². The van der Waals surface area contributed by atoms with Gasteiger partial charge in [-0.3, -0.25) is 14.2 Å². The minimum absolute atomic E-state index is 0.225. The lowest BCUT2D eigenvalue weighted by Crippen LogP contribution is -2.33. The van der Waals surface area contributed by atoms with E-state index in [1.807, 2.05) is 55.6 Å². The molecular weight excluding hydrogens is 418 g/mol. The fraction of sp³-hybridized carbons (Fsp3) is 0.174. The van der Waals surface area contributed by atoms with Gasteiger partial charge >= 0.3 is 0 Å². The first-order chi connectivity index (χ1) is 14.5. The fourth-order valence-electron chi connectivity index (χ4n) is 3.47. The normalized spacial score (nSPS) is 12.1. The Morgan fingerprint density at radius 3 is 2.70 bits per heavy atom. The molecule has 0 aliphatic carbocycles. The van der Waals surface area contributed by atoms with Crippen LogP contribution in [0, 0.1) is 6.92 Å². The molecule has 1 N–H and O–H groups in total. The van der Waals surface area contributed by atoms with E-state index in [4.69, 9.17) is 11.6 Å². The number of nitrogens with one attached hydrogen (secondary N) is 1. The summed E-state index contributed by atoms with van der Waals surface area (Å²) < 4.78 is 1.43. The highest BCUT2D eigenvalue weighted by atomic mass is 35.5. The lowest BCUT2D eigenvalue weighted by atomic mass is 10.1. The van der Waals surface area contributed by atoms with Gasteiger partial charge in [0.15, 0.2) is 0 Å². The molecule has 7 heteroatoms. The predicted molar refractivity (Wildman–Crippen MR) is 123 cm³/mol. The zero-order valence-corrected chi connectivity index (χ0v) is 18.1. The number of hydrogen-bond acceptors (Lipinski definition) is 4. The second-order valence-corrected chi connectivity index (χ2v) is 8.37. The van der Waals surface area contributed by atoms with Gasteiger partial charge in [-0.05, 0) is 48.7 Å². The number of anilines is 1. The smallest absolute Gasteiger partial charge is 0.263 e. The second-order valence-electron chi connectivity index (χ2n) is 7.08. The first-order valence-electron chi connectivity index (χ1n) is 9.59. The van der Waals surface area contributed by atoms with Gasteiger partial charge < -0.3 is 5.32 Å². The van der Waals surface area contributed by atoms with Gasteiger partial charge in [0.1, 0.15) is 10.9 Å². The Bertz CT molecular complexity index is 1280. The van der Waals surface area contributed by atoms with E-state index in [0.717, 1.165) is 16.7 Å².